The summed E-state index contributed by atoms with van der Waals surface area (Å²) >= 11 is 0. The standard InChI is InChI=1S/C16H26O3Si/c1-12(17)18-15-8-6-7-13-11-14(19-20(3,4)5)9-10-16(13,15)2/h7,11,15H,6,8-10H2,1-5H3/t15-,16-/m0/s1. The SMILES string of the molecule is CC(=O)O[C@H]1CCC=C2C=C(O[Si](C)(C)C)CC[C@@]21C. The minimum absolute atomic E-state index is 0.00433. The highest BCUT2D eigenvalue weighted by molar-refractivity contribution is 6.70. The molecule has 2 aliphatic rings. The fraction of sp³-hybridized carbons (Fsp3) is 0.688. The summed E-state index contributed by atoms with van der Waals surface area (Å²) in [6.07, 6.45) is 8.31. The molecule has 2 atom stereocenters. The Morgan fingerprint density at radius 1 is 1.40 bits per heavy atom. The highest BCUT2D eigenvalue weighted by atomic mass is 28.4. The van der Waals surface area contributed by atoms with E-state index in [-0.39, 0.29) is 17.5 Å². The monoisotopic (exact) mass is 294 g/mol. The second kappa shape index (κ2) is 5.39. The van der Waals surface area contributed by atoms with Crippen LogP contribution < -0.4 is 0 Å². The normalized spacial score (nSPS) is 29.9. The van der Waals surface area contributed by atoms with E-state index < -0.39 is 8.32 Å². The van der Waals surface area contributed by atoms with Gasteiger partial charge in [0.05, 0.1) is 5.76 Å². The van der Waals surface area contributed by atoms with Crippen molar-refractivity contribution in [2.75, 3.05) is 0 Å². The Kier molecular flexibility index (Phi) is 4.14. The molecular formula is C16H26O3Si. The van der Waals surface area contributed by atoms with Crippen molar-refractivity contribution in [2.24, 2.45) is 5.41 Å². The Hall–Kier alpha value is -1.03. The van der Waals surface area contributed by atoms with Crippen LogP contribution >= 0.6 is 0 Å². The largest absolute Gasteiger partial charge is 0.547 e. The summed E-state index contributed by atoms with van der Waals surface area (Å²) in [7, 11) is -1.55. The molecule has 0 aromatic heterocycles. The van der Waals surface area contributed by atoms with E-state index in [0.29, 0.717) is 0 Å². The molecule has 0 amide bonds. The zero-order valence-electron chi connectivity index (χ0n) is 13.3. The van der Waals surface area contributed by atoms with Crippen LogP contribution in [0.25, 0.3) is 0 Å². The van der Waals surface area contributed by atoms with Gasteiger partial charge in [-0.3, -0.25) is 4.79 Å². The minimum Gasteiger partial charge on any atom is -0.547 e. The molecule has 0 bridgehead atoms. The Morgan fingerprint density at radius 2 is 2.10 bits per heavy atom. The molecule has 0 unspecified atom stereocenters. The van der Waals surface area contributed by atoms with Gasteiger partial charge < -0.3 is 9.16 Å². The predicted octanol–water partition coefficient (Wildman–Crippen LogP) is 4.17. The van der Waals surface area contributed by atoms with Crippen LogP contribution in [0.3, 0.4) is 0 Å². The van der Waals surface area contributed by atoms with Crippen LogP contribution in [0.5, 0.6) is 0 Å². The average Bonchev–Trinajstić information content (AvgIpc) is 2.29. The van der Waals surface area contributed by atoms with Gasteiger partial charge in [-0.2, -0.15) is 0 Å². The van der Waals surface area contributed by atoms with Crippen molar-refractivity contribution in [3.8, 4) is 0 Å². The Balaban J connectivity index is 2.21. The Morgan fingerprint density at radius 3 is 2.70 bits per heavy atom. The first-order valence-corrected chi connectivity index (χ1v) is 10.9. The molecule has 20 heavy (non-hydrogen) atoms. The Bertz CT molecular complexity index is 459. The average molecular weight is 294 g/mol. The van der Waals surface area contributed by atoms with Crippen LogP contribution in [0.15, 0.2) is 23.5 Å². The highest BCUT2D eigenvalue weighted by Crippen LogP contribution is 2.48. The number of rotatable bonds is 3. The molecule has 2 aliphatic carbocycles. The van der Waals surface area contributed by atoms with Crippen molar-refractivity contribution < 1.29 is 14.0 Å². The lowest BCUT2D eigenvalue weighted by molar-refractivity contribution is -0.152. The van der Waals surface area contributed by atoms with E-state index in [1.807, 2.05) is 0 Å². The molecule has 0 radical (unpaired) electrons. The number of hydrogen-bond acceptors (Lipinski definition) is 3. The van der Waals surface area contributed by atoms with E-state index in [9.17, 15) is 4.79 Å². The lowest BCUT2D eigenvalue weighted by Crippen LogP contribution is -2.41. The summed E-state index contributed by atoms with van der Waals surface area (Å²) in [6, 6.07) is 0. The van der Waals surface area contributed by atoms with E-state index in [0.717, 1.165) is 31.4 Å². The van der Waals surface area contributed by atoms with Crippen molar-refractivity contribution in [3.63, 3.8) is 0 Å². The number of fused-ring (bicyclic) bond motifs is 1. The third-order valence-corrected chi connectivity index (χ3v) is 4.99. The van der Waals surface area contributed by atoms with Crippen molar-refractivity contribution in [1.82, 2.24) is 0 Å². The third kappa shape index (κ3) is 3.34. The van der Waals surface area contributed by atoms with Gasteiger partial charge in [0.15, 0.2) is 0 Å². The van der Waals surface area contributed by atoms with E-state index in [4.69, 9.17) is 9.16 Å². The first-order chi connectivity index (χ1) is 9.21. The van der Waals surface area contributed by atoms with Gasteiger partial charge in [0.1, 0.15) is 6.10 Å². The lowest BCUT2D eigenvalue weighted by atomic mass is 9.66. The zero-order chi connectivity index (χ0) is 15.0. The van der Waals surface area contributed by atoms with Gasteiger partial charge in [-0.15, -0.1) is 0 Å². The molecule has 112 valence electrons. The molecule has 0 aromatic rings. The van der Waals surface area contributed by atoms with Crippen molar-refractivity contribution in [3.05, 3.63) is 23.5 Å². The first kappa shape index (κ1) is 15.4. The number of allylic oxidation sites excluding steroid dienone is 3. The second-order valence-electron chi connectivity index (χ2n) is 7.08. The molecule has 0 aliphatic heterocycles. The van der Waals surface area contributed by atoms with Gasteiger partial charge in [0.2, 0.25) is 8.32 Å². The summed E-state index contributed by atoms with van der Waals surface area (Å²) < 4.78 is 11.7. The van der Waals surface area contributed by atoms with Gasteiger partial charge in [-0.05, 0) is 50.6 Å². The molecule has 0 N–H and O–H groups in total. The summed E-state index contributed by atoms with van der Waals surface area (Å²) in [5.41, 5.74) is 1.24. The lowest BCUT2D eigenvalue weighted by Gasteiger charge is -2.44. The van der Waals surface area contributed by atoms with Gasteiger partial charge in [-0.25, -0.2) is 0 Å². The van der Waals surface area contributed by atoms with Crippen LogP contribution in [-0.4, -0.2) is 20.4 Å². The summed E-state index contributed by atoms with van der Waals surface area (Å²) in [5, 5.41) is 0. The van der Waals surface area contributed by atoms with Crippen LogP contribution in [0.4, 0.5) is 0 Å². The van der Waals surface area contributed by atoms with E-state index in [2.05, 4.69) is 38.7 Å². The summed E-state index contributed by atoms with van der Waals surface area (Å²) in [5.74, 6) is 0.932. The molecule has 0 spiro atoms. The van der Waals surface area contributed by atoms with E-state index in [1.165, 1.54) is 12.5 Å². The van der Waals surface area contributed by atoms with Crippen LogP contribution in [0, 0.1) is 5.41 Å². The van der Waals surface area contributed by atoms with Gasteiger partial charge in [-0.1, -0.05) is 13.0 Å². The van der Waals surface area contributed by atoms with Crippen LogP contribution in [-0.2, 0) is 14.0 Å². The summed E-state index contributed by atoms with van der Waals surface area (Å²) in [4.78, 5) is 11.3. The first-order valence-electron chi connectivity index (χ1n) is 7.48. The molecule has 4 heteroatoms. The number of carbonyl (C=O) groups excluding carboxylic acids is 1. The number of ether oxygens (including phenoxy) is 1. The second-order valence-corrected chi connectivity index (χ2v) is 11.5. The molecule has 0 heterocycles. The minimum atomic E-state index is -1.55. The van der Waals surface area contributed by atoms with Crippen LogP contribution in [0.2, 0.25) is 19.6 Å². The topological polar surface area (TPSA) is 35.5 Å². The molecule has 0 fully saturated rings. The third-order valence-electron chi connectivity index (χ3n) is 4.12. The molecule has 0 aromatic carbocycles. The van der Waals surface area contributed by atoms with Gasteiger partial charge >= 0.3 is 5.97 Å². The maximum absolute atomic E-state index is 11.3. The fourth-order valence-electron chi connectivity index (χ4n) is 3.15. The van der Waals surface area contributed by atoms with Gasteiger partial charge in [0.25, 0.3) is 0 Å². The quantitative estimate of drug-likeness (QED) is 0.579. The Labute approximate surface area is 123 Å². The number of esters is 1. The fourth-order valence-corrected chi connectivity index (χ4v) is 4.10. The predicted molar refractivity (Wildman–Crippen MR) is 82.7 cm³/mol. The molecular weight excluding hydrogens is 268 g/mol. The molecule has 2 rings (SSSR count). The highest BCUT2D eigenvalue weighted by Gasteiger charge is 2.43. The smallest absolute Gasteiger partial charge is 0.302 e. The maximum atomic E-state index is 11.3. The van der Waals surface area contributed by atoms with E-state index >= 15 is 0 Å². The number of hydrogen-bond donors (Lipinski definition) is 0. The molecule has 3 nitrogen and oxygen atoms in total. The van der Waals surface area contributed by atoms with Crippen LogP contribution in [0.1, 0.15) is 39.5 Å². The van der Waals surface area contributed by atoms with Crippen molar-refractivity contribution in [2.45, 2.75) is 65.3 Å². The van der Waals surface area contributed by atoms with Gasteiger partial charge in [0, 0.05) is 18.8 Å². The van der Waals surface area contributed by atoms with E-state index in [1.54, 1.807) is 0 Å². The molecule has 0 saturated carbocycles. The maximum Gasteiger partial charge on any atom is 0.302 e. The summed E-state index contributed by atoms with van der Waals surface area (Å²) in [6.45, 7) is 10.3. The van der Waals surface area contributed by atoms with Crippen molar-refractivity contribution >= 4 is 14.3 Å². The van der Waals surface area contributed by atoms with Crippen molar-refractivity contribution in [1.29, 1.82) is 0 Å². The zero-order valence-corrected chi connectivity index (χ0v) is 14.3. The molecule has 0 saturated heterocycles. The number of carbonyl (C=O) groups is 1.